The summed E-state index contributed by atoms with van der Waals surface area (Å²) in [4.78, 5) is 180. The molecule has 732 valence electrons. The summed E-state index contributed by atoms with van der Waals surface area (Å²) in [5.41, 5.74) is 3.02. The molecule has 26 N–H and O–H groups in total. The summed E-state index contributed by atoms with van der Waals surface area (Å²) in [5.74, 6) is -1.22. The lowest BCUT2D eigenvalue weighted by molar-refractivity contribution is -0.163. The lowest BCUT2D eigenvalue weighted by Crippen LogP contribution is -2.52. The van der Waals surface area contributed by atoms with E-state index in [0.29, 0.717) is 25.7 Å². The van der Waals surface area contributed by atoms with E-state index in [1.807, 2.05) is 0 Å². The van der Waals surface area contributed by atoms with Crippen molar-refractivity contribution in [2.24, 2.45) is 33.3 Å². The highest BCUT2D eigenvalue weighted by Gasteiger charge is 2.67. The van der Waals surface area contributed by atoms with Crippen LogP contribution in [0, 0.1) is 11.8 Å². The summed E-state index contributed by atoms with van der Waals surface area (Å²) < 4.78 is 236. The van der Waals surface area contributed by atoms with Crippen molar-refractivity contribution < 1.29 is 243 Å². The van der Waals surface area contributed by atoms with Crippen LogP contribution in [-0.4, -0.2) is 274 Å². The summed E-state index contributed by atoms with van der Waals surface area (Å²) in [5, 5.41) is 42.4. The highest BCUT2D eigenvalue weighted by atomic mass is 35.5. The van der Waals surface area contributed by atoms with Crippen LogP contribution >= 0.6 is 140 Å². The molecule has 0 aromatic carbocycles. The quantitative estimate of drug-likeness (QED) is 0.0310. The number of aliphatic hydroxyl groups excluding tert-OH is 4. The maximum atomic E-state index is 14.5. The highest BCUT2D eigenvalue weighted by Crippen LogP contribution is 2.71. The van der Waals surface area contributed by atoms with Crippen LogP contribution < -0.4 is 22.1 Å². The molecule has 4 saturated heterocycles. The number of nitrogens with zero attached hydrogens (tertiary/aromatic N) is 6. The van der Waals surface area contributed by atoms with Gasteiger partial charge in [0.25, 0.3) is 11.8 Å². The molecule has 10 aliphatic rings. The minimum atomic E-state index is -5.81. The van der Waals surface area contributed by atoms with Gasteiger partial charge < -0.3 is 159 Å². The number of phosphoric acid groups is 12. The van der Waals surface area contributed by atoms with Gasteiger partial charge in [-0.05, 0) is 63.5 Å². The van der Waals surface area contributed by atoms with E-state index in [1.165, 1.54) is 51.7 Å². The number of ether oxygens (including phenoxy) is 4. The Labute approximate surface area is 737 Å². The van der Waals surface area contributed by atoms with Gasteiger partial charge in [0.1, 0.15) is 104 Å². The molecule has 0 radical (unpaired) electrons. The summed E-state index contributed by atoms with van der Waals surface area (Å²) in [6, 6.07) is 0. The number of hydrogen-bond donors (Lipinski definition) is 24. The summed E-state index contributed by atoms with van der Waals surface area (Å²) >= 11 is 25.0. The lowest BCUT2D eigenvalue weighted by Gasteiger charge is -2.35. The zero-order chi connectivity index (χ0) is 97.6. The van der Waals surface area contributed by atoms with Crippen LogP contribution in [0.15, 0.2) is 109 Å². The Kier molecular flexibility index (Phi) is 36.5. The zero-order valence-corrected chi connectivity index (χ0v) is 77.8. The number of amides is 2. The summed E-state index contributed by atoms with van der Waals surface area (Å²) in [7, 11) is -67.4. The van der Waals surface area contributed by atoms with Crippen molar-refractivity contribution in [3.63, 3.8) is 0 Å². The average molecular weight is 2170 g/mol. The highest BCUT2D eigenvalue weighted by molar-refractivity contribution is 7.68. The minimum Gasteiger partial charge on any atom is -0.388 e. The van der Waals surface area contributed by atoms with Crippen LogP contribution in [0.5, 0.6) is 0 Å². The Morgan fingerprint density at radius 2 is 0.641 bits per heavy atom. The second-order valence-corrected chi connectivity index (χ2v) is 47.0. The van der Waals surface area contributed by atoms with Gasteiger partial charge in [-0.2, -0.15) is 34.5 Å². The van der Waals surface area contributed by atoms with E-state index in [1.54, 1.807) is 0 Å². The standard InChI is InChI=1S/C13H21ClN3O12P3.C13H20ClN2O13P3.C12H20ClFN3O12P3.C12H19ClFN2O13P3/c1-7-16-9(15)4-5-17(7)12-10(14)11(18)13(27-12,8-2-3-8)6-26-31(22,23)29-32(24,25)28-30(19,20)21;1-7-15-9(17)4-5-16(7)12-10(14)11(18)13(27-12,8-2-3-8)6-26-31(22,23)29-32(24,25)28-30(19,20)21;1-6(14)12(5-26-31(22,23)29-32(24,25)28-30(19,20)21)10(18)9(13)11(27-12)17-4-3-8(15)16-7(17)2;1-6(14)12(5-26-31(22,23)29-32(24,25)28-30(19,20)21)10(18)9(13)11(27-12)16-4-3-8(17)15-7(16)2/h4-5,8,10-12,18H,1-3,6H2,(H2,15,16)(H,22,23)(H,24,25)(H2,19,20,21);4-5,8,10-12,18H,1-3,6H2,(H,15,17)(H,22,23)(H,24,25)(H2,19,20,21);3-4,6,9-11,18H,2,5H2,1H3,(H2,15,16)(H,22,23)(H,24,25)(H2,19,20,21);3-4,6,9-11,18H,2,5H2,1H3,(H,15,17)(H,22,23)(H,24,25)(H2,19,20,21)/t2*10-,11+,12-,13+;2*6?,9-,10+,11-,12+/m1111/s1. The van der Waals surface area contributed by atoms with Crippen LogP contribution in [-0.2, 0) is 136 Å². The van der Waals surface area contributed by atoms with Gasteiger partial charge in [0, 0.05) is 37.0 Å². The number of alkyl halides is 6. The number of carbonyl (C=O) groups excluding carboxylic acids is 2. The molecular formula is C50H80Cl4F2N10O50P12. The normalized spacial score (nSPS) is 34.2. The van der Waals surface area contributed by atoms with E-state index < -0.39 is 238 Å². The van der Waals surface area contributed by atoms with E-state index in [4.69, 9.17) is 125 Å². The Morgan fingerprint density at radius 3 is 0.883 bits per heavy atom. The van der Waals surface area contributed by atoms with E-state index >= 15 is 0 Å². The fourth-order valence-electron chi connectivity index (χ4n) is 12.2. The molecule has 2 saturated carbocycles. The summed E-state index contributed by atoms with van der Waals surface area (Å²) in [6.07, 6.45) is -3.24. The van der Waals surface area contributed by atoms with Crippen molar-refractivity contribution >= 4 is 164 Å². The number of amidine groups is 2. The number of hydrogen-bond acceptors (Lipinski definition) is 42. The third kappa shape index (κ3) is 30.2. The van der Waals surface area contributed by atoms with Crippen LogP contribution in [0.1, 0.15) is 39.5 Å². The van der Waals surface area contributed by atoms with Gasteiger partial charge >= 0.3 is 93.9 Å². The van der Waals surface area contributed by atoms with Crippen LogP contribution in [0.2, 0.25) is 0 Å². The molecule has 60 nitrogen and oxygen atoms in total. The van der Waals surface area contributed by atoms with E-state index in [2.05, 4.69) is 90.5 Å². The number of carbonyl (C=O) groups is 2. The molecule has 8 aliphatic heterocycles. The molecule has 0 bridgehead atoms. The lowest BCUT2D eigenvalue weighted by atomic mass is 9.92. The van der Waals surface area contributed by atoms with Gasteiger partial charge in [-0.25, -0.2) is 73.5 Å². The molecule has 8 heterocycles. The predicted molar refractivity (Wildman–Crippen MR) is 419 cm³/mol. The Morgan fingerprint density at radius 1 is 0.406 bits per heavy atom. The fraction of sp³-hybridized carbons (Fsp3) is 0.600. The largest absolute Gasteiger partial charge is 0.490 e. The van der Waals surface area contributed by atoms with Crippen molar-refractivity contribution in [3.8, 4) is 0 Å². The Bertz CT molecular complexity index is 4770. The number of phosphoric ester groups is 4. The van der Waals surface area contributed by atoms with Gasteiger partial charge in [0.15, 0.2) is 36.1 Å². The third-order valence-electron chi connectivity index (χ3n) is 18.0. The summed E-state index contributed by atoms with van der Waals surface area (Å²) in [6.45, 7) is 12.1. The third-order valence-corrected chi connectivity index (χ3v) is 34.9. The number of nitrogens with two attached hydrogens (primary N) is 2. The van der Waals surface area contributed by atoms with Gasteiger partial charge in [0.2, 0.25) is 0 Å². The molecule has 78 heteroatoms. The predicted octanol–water partition coefficient (Wildman–Crippen LogP) is 1.26. The molecule has 2 aliphatic carbocycles. The first kappa shape index (κ1) is 112. The smallest absolute Gasteiger partial charge is 0.388 e. The van der Waals surface area contributed by atoms with Crippen LogP contribution in [0.25, 0.3) is 0 Å². The van der Waals surface area contributed by atoms with Crippen molar-refractivity contribution in [3.05, 3.63) is 98.7 Å². The molecular weight excluding hydrogens is 2090 g/mol. The van der Waals surface area contributed by atoms with Gasteiger partial charge in [-0.1, -0.05) is 26.3 Å². The van der Waals surface area contributed by atoms with E-state index in [-0.39, 0.29) is 46.8 Å². The number of aliphatic imine (C=N–C) groups is 2. The van der Waals surface area contributed by atoms with Crippen molar-refractivity contribution in [2.45, 2.75) is 145 Å². The molecule has 10 unspecified atom stereocenters. The first-order chi connectivity index (χ1) is 57.9. The molecule has 10 rings (SSSR count). The molecule has 0 aromatic rings. The first-order valence-electron chi connectivity index (χ1n) is 34.2. The van der Waals surface area contributed by atoms with Crippen LogP contribution in [0.3, 0.4) is 0 Å². The van der Waals surface area contributed by atoms with Gasteiger partial charge in [-0.15, -0.1) is 46.4 Å². The SMILES string of the molecule is C=C1N=C(N)C=CN1[C@@H]1O[C@@](COP(=O)(O)OP(=O)(O)OP(=O)(O)O)(C(C)F)[C@@H](O)[C@H]1Cl.C=C1N=C(N)C=CN1[C@@H]1O[C@@](COP(=O)(O)OP(=O)(O)OP(=O)(O)O)(C2CC2)[C@@H](O)[C@H]1Cl.C=C1NC(=O)C=CN1[C@@H]1O[C@@](COP(=O)(O)OP(=O)(O)OP(=O)(O)O)(C(C)F)[C@@H](O)[C@H]1Cl.C=C1NC(=O)C=CN1[C@@H]1O[C@@](COP(=O)(O)OP(=O)(O)OP(=O)(O)O)(C2CC2)[C@@H](O)[C@H]1Cl. The Balaban J connectivity index is 0.000000234. The second-order valence-electron chi connectivity index (χ2n) is 27.3. The zero-order valence-electron chi connectivity index (χ0n) is 64.0. The van der Waals surface area contributed by atoms with Gasteiger partial charge in [-0.3, -0.25) is 27.7 Å². The monoisotopic (exact) mass is 2170 g/mol. The number of nitrogens with one attached hydrogen (secondary N) is 2. The topological polar surface area (TPSA) is 905 Å². The number of rotatable bonds is 36. The minimum absolute atomic E-state index is 0.0167. The number of halogens is 6. The fourth-order valence-corrected chi connectivity index (χ4v) is 26.0. The Hall–Kier alpha value is -2.66. The van der Waals surface area contributed by atoms with E-state index in [9.17, 15) is 133 Å². The van der Waals surface area contributed by atoms with Crippen LogP contribution in [0.4, 0.5) is 8.78 Å². The maximum absolute atomic E-state index is 14.5. The first-order valence-corrected chi connectivity index (χ1v) is 54.0. The van der Waals surface area contributed by atoms with Crippen molar-refractivity contribution in [1.29, 1.82) is 0 Å². The molecule has 2 amide bonds. The second kappa shape index (κ2) is 41.6. The molecule has 0 spiro atoms. The van der Waals surface area contributed by atoms with E-state index in [0.717, 1.165) is 30.9 Å². The average Bonchev–Trinajstić information content (AvgIpc) is 1.58. The molecule has 26 atom stereocenters. The van der Waals surface area contributed by atoms with Crippen molar-refractivity contribution in [2.75, 3.05) is 26.4 Å². The molecule has 0 aromatic heterocycles. The van der Waals surface area contributed by atoms with Gasteiger partial charge in [0.05, 0.1) is 26.4 Å². The molecule has 128 heavy (non-hydrogen) atoms. The number of aliphatic hydroxyl groups is 4. The van der Waals surface area contributed by atoms with Crippen molar-refractivity contribution in [1.82, 2.24) is 30.2 Å². The maximum Gasteiger partial charge on any atom is 0.490 e. The molecule has 6 fully saturated rings.